The Balaban J connectivity index is 1.46. The first-order valence-electron chi connectivity index (χ1n) is 9.40. The number of rotatable bonds is 4. The molecular formula is C19H31N3O2+2. The van der Waals surface area contributed by atoms with Crippen LogP contribution in [0.15, 0.2) is 24.3 Å². The van der Waals surface area contributed by atoms with Crippen LogP contribution in [0.2, 0.25) is 0 Å². The topological polar surface area (TPSA) is 49.4 Å². The van der Waals surface area contributed by atoms with Gasteiger partial charge in [-0.1, -0.05) is 12.1 Å². The lowest BCUT2D eigenvalue weighted by Gasteiger charge is -2.35. The Morgan fingerprint density at radius 3 is 2.42 bits per heavy atom. The van der Waals surface area contributed by atoms with Gasteiger partial charge in [-0.25, -0.2) is 0 Å². The highest BCUT2D eigenvalue weighted by atomic mass is 16.3. The maximum atomic E-state index is 12.7. The highest BCUT2D eigenvalue weighted by molar-refractivity contribution is 5.79. The summed E-state index contributed by atoms with van der Waals surface area (Å²) < 4.78 is 0. The van der Waals surface area contributed by atoms with Crippen molar-refractivity contribution in [2.45, 2.75) is 26.3 Å². The van der Waals surface area contributed by atoms with E-state index < -0.39 is 0 Å². The molecule has 2 saturated heterocycles. The molecule has 5 nitrogen and oxygen atoms in total. The molecule has 0 bridgehead atoms. The largest absolute Gasteiger partial charge is 0.507 e. The number of quaternary nitrogens is 2. The zero-order valence-corrected chi connectivity index (χ0v) is 14.8. The van der Waals surface area contributed by atoms with Gasteiger partial charge in [0, 0.05) is 24.3 Å². The van der Waals surface area contributed by atoms with Crippen LogP contribution in [-0.4, -0.2) is 61.7 Å². The van der Waals surface area contributed by atoms with Crippen molar-refractivity contribution in [1.29, 1.82) is 0 Å². The Hall–Kier alpha value is -1.59. The van der Waals surface area contributed by atoms with Gasteiger partial charge in [0.1, 0.15) is 12.3 Å². The Bertz CT molecular complexity index is 547. The number of nitrogens with one attached hydrogen (secondary N) is 2. The van der Waals surface area contributed by atoms with E-state index in [9.17, 15) is 9.90 Å². The maximum Gasteiger partial charge on any atom is 0.226 e. The number of hydrogen-bond donors (Lipinski definition) is 3. The van der Waals surface area contributed by atoms with Crippen LogP contribution in [0.4, 0.5) is 0 Å². The van der Waals surface area contributed by atoms with Crippen LogP contribution in [0, 0.1) is 5.92 Å². The van der Waals surface area contributed by atoms with Crippen molar-refractivity contribution in [3.63, 3.8) is 0 Å². The minimum atomic E-state index is 0.210. The molecular weight excluding hydrogens is 302 g/mol. The number of carbonyl (C=O) groups excluding carboxylic acids is 1. The van der Waals surface area contributed by atoms with Crippen molar-refractivity contribution in [3.05, 3.63) is 29.8 Å². The molecule has 2 aliphatic heterocycles. The van der Waals surface area contributed by atoms with E-state index in [0.717, 1.165) is 70.8 Å². The highest BCUT2D eigenvalue weighted by Crippen LogP contribution is 2.16. The molecule has 0 spiro atoms. The van der Waals surface area contributed by atoms with Gasteiger partial charge in [-0.3, -0.25) is 4.79 Å². The number of phenols is 1. The van der Waals surface area contributed by atoms with Gasteiger partial charge in [-0.2, -0.15) is 0 Å². The number of para-hydroxylation sites is 1. The molecule has 3 rings (SSSR count). The third-order valence-corrected chi connectivity index (χ3v) is 5.76. The summed E-state index contributed by atoms with van der Waals surface area (Å²) in [4.78, 5) is 17.9. The summed E-state index contributed by atoms with van der Waals surface area (Å²) in [6, 6.07) is 7.58. The van der Waals surface area contributed by atoms with Crippen molar-refractivity contribution < 1.29 is 19.7 Å². The Kier molecular flexibility index (Phi) is 5.74. The number of likely N-dealkylation sites (tertiary alicyclic amines) is 1. The summed E-state index contributed by atoms with van der Waals surface area (Å²) in [5, 5.41) is 9.92. The number of amides is 1. The van der Waals surface area contributed by atoms with Crippen LogP contribution in [0.1, 0.15) is 25.3 Å². The zero-order valence-electron chi connectivity index (χ0n) is 14.8. The summed E-state index contributed by atoms with van der Waals surface area (Å²) in [5.74, 6) is 0.979. The lowest BCUT2D eigenvalue weighted by Crippen LogP contribution is -3.14. The zero-order chi connectivity index (χ0) is 16.9. The first kappa shape index (κ1) is 17.2. The normalized spacial score (nSPS) is 25.6. The highest BCUT2D eigenvalue weighted by Gasteiger charge is 2.32. The predicted octanol–water partition coefficient (Wildman–Crippen LogP) is -1.07. The van der Waals surface area contributed by atoms with Crippen molar-refractivity contribution in [2.24, 2.45) is 5.92 Å². The molecule has 0 unspecified atom stereocenters. The number of phenolic OH excluding ortho intramolecular Hbond substituents is 1. The summed E-state index contributed by atoms with van der Waals surface area (Å²) in [6.45, 7) is 10.3. The van der Waals surface area contributed by atoms with Crippen LogP contribution in [0.3, 0.4) is 0 Å². The molecule has 0 aliphatic carbocycles. The summed E-state index contributed by atoms with van der Waals surface area (Å²) in [6.07, 6.45) is 1.95. The molecule has 1 aromatic rings. The molecule has 2 fully saturated rings. The predicted molar refractivity (Wildman–Crippen MR) is 93.0 cm³/mol. The Morgan fingerprint density at radius 1 is 1.12 bits per heavy atom. The molecule has 24 heavy (non-hydrogen) atoms. The van der Waals surface area contributed by atoms with Crippen LogP contribution >= 0.6 is 0 Å². The van der Waals surface area contributed by atoms with E-state index in [4.69, 9.17) is 0 Å². The number of carbonyl (C=O) groups is 1. The smallest absolute Gasteiger partial charge is 0.226 e. The first-order valence-corrected chi connectivity index (χ1v) is 9.40. The molecule has 3 N–H and O–H groups in total. The molecule has 5 heteroatoms. The minimum absolute atomic E-state index is 0.210. The van der Waals surface area contributed by atoms with Gasteiger partial charge < -0.3 is 19.8 Å². The van der Waals surface area contributed by atoms with Gasteiger partial charge in [-0.05, 0) is 19.1 Å². The molecule has 0 saturated carbocycles. The third-order valence-electron chi connectivity index (χ3n) is 5.76. The fraction of sp³-hybridized carbons (Fsp3) is 0.632. The number of likely N-dealkylation sites (N-methyl/N-ethyl adjacent to an activating group) is 1. The second-order valence-electron chi connectivity index (χ2n) is 7.26. The summed E-state index contributed by atoms with van der Waals surface area (Å²) >= 11 is 0. The van der Waals surface area contributed by atoms with E-state index in [2.05, 4.69) is 11.8 Å². The average Bonchev–Trinajstić information content (AvgIpc) is 2.64. The van der Waals surface area contributed by atoms with Gasteiger partial charge in [-0.15, -0.1) is 0 Å². The Morgan fingerprint density at radius 2 is 1.79 bits per heavy atom. The van der Waals surface area contributed by atoms with Crippen LogP contribution in [0.25, 0.3) is 0 Å². The van der Waals surface area contributed by atoms with Crippen molar-refractivity contribution in [3.8, 4) is 5.75 Å². The minimum Gasteiger partial charge on any atom is -0.507 e. The number of hydrogen-bond acceptors (Lipinski definition) is 2. The monoisotopic (exact) mass is 333 g/mol. The Labute approximate surface area is 144 Å². The van der Waals surface area contributed by atoms with E-state index in [1.165, 1.54) is 4.90 Å². The molecule has 1 amide bonds. The fourth-order valence-electron chi connectivity index (χ4n) is 4.03. The third kappa shape index (κ3) is 4.08. The first-order chi connectivity index (χ1) is 11.7. The van der Waals surface area contributed by atoms with Crippen LogP contribution in [-0.2, 0) is 11.3 Å². The second kappa shape index (κ2) is 7.99. The van der Waals surface area contributed by atoms with Crippen molar-refractivity contribution >= 4 is 5.91 Å². The van der Waals surface area contributed by atoms with Gasteiger partial charge in [0.2, 0.25) is 5.91 Å². The summed E-state index contributed by atoms with van der Waals surface area (Å²) in [5.41, 5.74) is 1.01. The quantitative estimate of drug-likeness (QED) is 0.658. The molecule has 2 aliphatic rings. The maximum absolute atomic E-state index is 12.7. The van der Waals surface area contributed by atoms with Crippen LogP contribution in [0.5, 0.6) is 5.75 Å². The molecule has 132 valence electrons. The van der Waals surface area contributed by atoms with Crippen molar-refractivity contribution in [2.75, 3.05) is 45.8 Å². The molecule has 0 atom stereocenters. The van der Waals surface area contributed by atoms with Gasteiger partial charge in [0.15, 0.2) is 0 Å². The van der Waals surface area contributed by atoms with Crippen molar-refractivity contribution in [1.82, 2.24) is 4.90 Å². The number of piperazine rings is 1. The second-order valence-corrected chi connectivity index (χ2v) is 7.26. The average molecular weight is 333 g/mol. The molecule has 2 heterocycles. The molecule has 0 radical (unpaired) electrons. The standard InChI is InChI=1S/C19H29N3O2/c1-2-20-11-13-22(14-12-20)19(24)16-7-9-21(10-8-16)15-17-5-3-4-6-18(17)23/h3-6,16,23H,2,7-15H2,1H3/p+2. The van der Waals surface area contributed by atoms with E-state index in [1.54, 1.807) is 11.0 Å². The molecule has 1 aromatic carbocycles. The van der Waals surface area contributed by atoms with E-state index in [0.29, 0.717) is 11.7 Å². The van der Waals surface area contributed by atoms with Gasteiger partial charge in [0.25, 0.3) is 0 Å². The number of benzene rings is 1. The van der Waals surface area contributed by atoms with E-state index in [-0.39, 0.29) is 5.92 Å². The lowest BCUT2D eigenvalue weighted by atomic mass is 9.94. The summed E-state index contributed by atoms with van der Waals surface area (Å²) in [7, 11) is 0. The van der Waals surface area contributed by atoms with Gasteiger partial charge >= 0.3 is 0 Å². The molecule has 0 aromatic heterocycles. The SMILES string of the molecule is CC[NH+]1CCN(C(=O)C2CC[NH+](Cc3ccccc3O)CC2)CC1. The number of piperidine rings is 1. The fourth-order valence-corrected chi connectivity index (χ4v) is 4.03. The van der Waals surface area contributed by atoms with Crippen LogP contribution < -0.4 is 9.80 Å². The van der Waals surface area contributed by atoms with Gasteiger partial charge in [0.05, 0.1) is 45.8 Å². The lowest BCUT2D eigenvalue weighted by molar-refractivity contribution is -0.919. The van der Waals surface area contributed by atoms with E-state index >= 15 is 0 Å². The number of aromatic hydroxyl groups is 1. The number of nitrogens with zero attached hydrogens (tertiary/aromatic N) is 1. The van der Waals surface area contributed by atoms with E-state index in [1.807, 2.05) is 18.2 Å².